The number of unbranched alkanes of at least 4 members (excludes halogenated alkanes) is 1. The van der Waals surface area contributed by atoms with Crippen molar-refractivity contribution in [2.45, 2.75) is 58.9 Å². The third kappa shape index (κ3) is 4.73. The van der Waals surface area contributed by atoms with Gasteiger partial charge in [0, 0.05) is 42.3 Å². The smallest absolute Gasteiger partial charge is 0.296 e. The third-order valence-electron chi connectivity index (χ3n) is 5.56. The van der Waals surface area contributed by atoms with E-state index in [1.807, 2.05) is 19.9 Å². The van der Waals surface area contributed by atoms with Crippen LogP contribution in [0.25, 0.3) is 10.9 Å². The second kappa shape index (κ2) is 9.04. The summed E-state index contributed by atoms with van der Waals surface area (Å²) in [5, 5.41) is 4.19. The molecule has 1 saturated heterocycles. The second-order valence-electron chi connectivity index (χ2n) is 7.82. The van der Waals surface area contributed by atoms with Crippen LogP contribution >= 0.6 is 0 Å². The molecule has 4 N–H and O–H groups in total. The van der Waals surface area contributed by atoms with Gasteiger partial charge in [0.2, 0.25) is 5.91 Å². The van der Waals surface area contributed by atoms with Crippen LogP contribution in [0.3, 0.4) is 0 Å². The topological polar surface area (TPSA) is 91.2 Å². The molecule has 1 aliphatic rings. The van der Waals surface area contributed by atoms with Crippen molar-refractivity contribution in [1.82, 2.24) is 10.3 Å². The number of H-pyrrole nitrogens is 1. The van der Waals surface area contributed by atoms with Gasteiger partial charge in [0.25, 0.3) is 5.91 Å². The highest BCUT2D eigenvalue weighted by Gasteiger charge is 2.24. The van der Waals surface area contributed by atoms with Gasteiger partial charge in [-0.3, -0.25) is 9.59 Å². The van der Waals surface area contributed by atoms with Crippen molar-refractivity contribution < 1.29 is 9.59 Å². The molecule has 0 saturated carbocycles. The average Bonchev–Trinajstić information content (AvgIpc) is 2.98. The van der Waals surface area contributed by atoms with Gasteiger partial charge >= 0.3 is 0 Å². The first-order chi connectivity index (χ1) is 13.9. The molecule has 1 atom stereocenters. The summed E-state index contributed by atoms with van der Waals surface area (Å²) in [4.78, 5) is 29.3. The number of amides is 2. The minimum absolute atomic E-state index is 0.0767. The molecule has 1 aliphatic heterocycles. The van der Waals surface area contributed by atoms with Gasteiger partial charge in [-0.25, -0.2) is 0 Å². The van der Waals surface area contributed by atoms with Gasteiger partial charge in [-0.05, 0) is 56.2 Å². The Bertz CT molecular complexity index is 980. The van der Waals surface area contributed by atoms with Crippen LogP contribution in [0.5, 0.6) is 0 Å². The molecule has 6 heteroatoms. The number of carbonyl (C=O) groups is 2. The number of hydrogen-bond acceptors (Lipinski definition) is 3. The van der Waals surface area contributed by atoms with E-state index in [-0.39, 0.29) is 24.3 Å². The molecule has 29 heavy (non-hydrogen) atoms. The van der Waals surface area contributed by atoms with E-state index in [2.05, 4.69) is 40.0 Å². The zero-order valence-corrected chi connectivity index (χ0v) is 17.5. The molecule has 154 valence electrons. The summed E-state index contributed by atoms with van der Waals surface area (Å²) in [6.45, 7) is 7.86. The van der Waals surface area contributed by atoms with Crippen molar-refractivity contribution >= 4 is 28.4 Å². The molecule has 0 unspecified atom stereocenters. The number of aromatic amines is 1. The standard InChI is InChI=1S/C23H30N4O2/c1-4-5-6-9-21(29)26-18-8-7-12-27(14-18)19-11-10-17(13-20(24)28)23-22(19)15(2)16(3)25-23/h10-11,18,25H,4-5,7-8,12-14H2,1-3H3,(H2,24,28)(H,26,29)/t18-/m0/s1. The fraction of sp³-hybridized carbons (Fsp3) is 0.478. The zero-order valence-electron chi connectivity index (χ0n) is 17.5. The van der Waals surface area contributed by atoms with Crippen LogP contribution in [0.4, 0.5) is 5.69 Å². The lowest BCUT2D eigenvalue weighted by atomic mass is 10.00. The van der Waals surface area contributed by atoms with Gasteiger partial charge in [0.15, 0.2) is 0 Å². The van der Waals surface area contributed by atoms with E-state index < -0.39 is 0 Å². The number of rotatable bonds is 5. The third-order valence-corrected chi connectivity index (χ3v) is 5.56. The van der Waals surface area contributed by atoms with Gasteiger partial charge in [-0.15, -0.1) is 0 Å². The Balaban J connectivity index is 1.85. The Labute approximate surface area is 172 Å². The van der Waals surface area contributed by atoms with E-state index in [1.165, 1.54) is 5.56 Å². The number of piperidine rings is 1. The quantitative estimate of drug-likeness (QED) is 0.681. The van der Waals surface area contributed by atoms with Crippen molar-refractivity contribution in [2.24, 2.45) is 5.73 Å². The number of fused-ring (bicyclic) bond motifs is 1. The summed E-state index contributed by atoms with van der Waals surface area (Å²) in [5.41, 5.74) is 10.7. The number of nitrogens with two attached hydrogens (primary N) is 1. The normalized spacial score (nSPS) is 16.4. The molecule has 0 radical (unpaired) electrons. The molecular formula is C23H30N4O2. The number of nitrogens with zero attached hydrogens (tertiary/aromatic N) is 1. The highest BCUT2D eigenvalue weighted by atomic mass is 16.1. The van der Waals surface area contributed by atoms with E-state index in [9.17, 15) is 9.59 Å². The Morgan fingerprint density at radius 3 is 2.86 bits per heavy atom. The van der Waals surface area contributed by atoms with Crippen molar-refractivity contribution in [1.29, 1.82) is 0 Å². The second-order valence-corrected chi connectivity index (χ2v) is 7.82. The molecule has 0 aliphatic carbocycles. The van der Waals surface area contributed by atoms with Crippen LogP contribution in [-0.4, -0.2) is 35.9 Å². The summed E-state index contributed by atoms with van der Waals surface area (Å²) in [6.07, 6.45) is 3.86. The summed E-state index contributed by atoms with van der Waals surface area (Å²) >= 11 is 0. The van der Waals surface area contributed by atoms with E-state index in [0.29, 0.717) is 0 Å². The predicted molar refractivity (Wildman–Crippen MR) is 117 cm³/mol. The number of aromatic nitrogens is 1. The first-order valence-corrected chi connectivity index (χ1v) is 10.3. The largest absolute Gasteiger partial charge is 0.369 e. The number of benzene rings is 1. The molecule has 3 rings (SSSR count). The Morgan fingerprint density at radius 1 is 1.34 bits per heavy atom. The molecule has 2 amide bonds. The maximum atomic E-state index is 12.1. The number of hydrogen-bond donors (Lipinski definition) is 3. The van der Waals surface area contributed by atoms with Crippen LogP contribution < -0.4 is 16.0 Å². The van der Waals surface area contributed by atoms with Crippen molar-refractivity contribution in [3.05, 3.63) is 29.0 Å². The minimum atomic E-state index is -0.339. The molecule has 2 heterocycles. The highest BCUT2D eigenvalue weighted by molar-refractivity contribution is 5.99. The van der Waals surface area contributed by atoms with Crippen molar-refractivity contribution in [2.75, 3.05) is 18.0 Å². The van der Waals surface area contributed by atoms with E-state index >= 15 is 0 Å². The molecular weight excluding hydrogens is 364 g/mol. The van der Waals surface area contributed by atoms with Crippen LogP contribution in [-0.2, 0) is 16.0 Å². The summed E-state index contributed by atoms with van der Waals surface area (Å²) in [6, 6.07) is 4.13. The summed E-state index contributed by atoms with van der Waals surface area (Å²) in [7, 11) is 0. The Hall–Kier alpha value is -2.94. The maximum Gasteiger partial charge on any atom is 0.296 e. The minimum Gasteiger partial charge on any atom is -0.369 e. The first kappa shape index (κ1) is 20.8. The van der Waals surface area contributed by atoms with E-state index in [1.54, 1.807) is 0 Å². The number of anilines is 1. The lowest BCUT2D eigenvalue weighted by Gasteiger charge is -2.35. The molecule has 1 aromatic carbocycles. The Kier molecular flexibility index (Phi) is 6.48. The molecule has 0 bridgehead atoms. The summed E-state index contributed by atoms with van der Waals surface area (Å²) < 4.78 is 0. The molecule has 6 nitrogen and oxygen atoms in total. The van der Waals surface area contributed by atoms with Crippen molar-refractivity contribution in [3.8, 4) is 11.8 Å². The van der Waals surface area contributed by atoms with Gasteiger partial charge in [-0.2, -0.15) is 0 Å². The lowest BCUT2D eigenvalue weighted by molar-refractivity contribution is -0.117. The zero-order chi connectivity index (χ0) is 21.0. The van der Waals surface area contributed by atoms with Crippen LogP contribution in [0.2, 0.25) is 0 Å². The molecule has 1 fully saturated rings. The van der Waals surface area contributed by atoms with E-state index in [4.69, 9.17) is 5.73 Å². The van der Waals surface area contributed by atoms with Crippen molar-refractivity contribution in [3.63, 3.8) is 0 Å². The number of primary amides is 1. The highest BCUT2D eigenvalue weighted by Crippen LogP contribution is 2.35. The van der Waals surface area contributed by atoms with Gasteiger partial charge in [-0.1, -0.05) is 18.9 Å². The maximum absolute atomic E-state index is 12.1. The fourth-order valence-corrected chi connectivity index (χ4v) is 4.03. The average molecular weight is 395 g/mol. The van der Waals surface area contributed by atoms with E-state index in [0.717, 1.165) is 66.6 Å². The SMILES string of the molecule is CCCC#CC(=O)N[C@H]1CCCN(c2ccc(CC(N)=O)c3[nH]c(C)c(C)c23)C1. The first-order valence-electron chi connectivity index (χ1n) is 10.3. The number of carbonyl (C=O) groups excluding carboxylic acids is 2. The number of nitrogens with one attached hydrogen (secondary N) is 2. The molecule has 1 aromatic heterocycles. The molecule has 2 aromatic rings. The van der Waals surface area contributed by atoms with Gasteiger partial charge in [0.05, 0.1) is 11.9 Å². The molecule has 0 spiro atoms. The lowest BCUT2D eigenvalue weighted by Crippen LogP contribution is -2.47. The number of aryl methyl sites for hydroxylation is 2. The van der Waals surface area contributed by atoms with Crippen LogP contribution in [0, 0.1) is 25.7 Å². The van der Waals surface area contributed by atoms with Gasteiger partial charge in [0.1, 0.15) is 0 Å². The monoisotopic (exact) mass is 394 g/mol. The Morgan fingerprint density at radius 2 is 2.14 bits per heavy atom. The fourth-order valence-electron chi connectivity index (χ4n) is 4.03. The summed E-state index contributed by atoms with van der Waals surface area (Å²) in [5.74, 6) is 5.06. The van der Waals surface area contributed by atoms with Crippen LogP contribution in [0.15, 0.2) is 12.1 Å². The predicted octanol–water partition coefficient (Wildman–Crippen LogP) is 2.70. The van der Waals surface area contributed by atoms with Gasteiger partial charge < -0.3 is 20.9 Å². The van der Waals surface area contributed by atoms with Crippen LogP contribution in [0.1, 0.15) is 49.4 Å².